The molecule has 0 bridgehead atoms. The number of benzene rings is 2. The summed E-state index contributed by atoms with van der Waals surface area (Å²) >= 11 is 0. The lowest BCUT2D eigenvalue weighted by molar-refractivity contribution is 0.261. The van der Waals surface area contributed by atoms with E-state index in [0.717, 1.165) is 44.7 Å². The average molecular weight is 492 g/mol. The highest BCUT2D eigenvalue weighted by Crippen LogP contribution is 2.25. The molecule has 4 N–H and O–H groups in total. The van der Waals surface area contributed by atoms with E-state index in [0.29, 0.717) is 0 Å². The third kappa shape index (κ3) is 6.16. The minimum atomic E-state index is -0.0550. The number of aromatic hydroxyl groups is 2. The van der Waals surface area contributed by atoms with E-state index >= 15 is 0 Å². The topological polar surface area (TPSA) is 78.4 Å². The van der Waals surface area contributed by atoms with Crippen molar-refractivity contribution in [2.45, 2.75) is 13.3 Å². The van der Waals surface area contributed by atoms with Gasteiger partial charge in [-0.15, -0.1) is 34.0 Å². The van der Waals surface area contributed by atoms with Crippen LogP contribution in [-0.2, 0) is 6.42 Å². The predicted octanol–water partition coefficient (Wildman–Crippen LogP) is 3.10. The van der Waals surface area contributed by atoms with E-state index in [-0.39, 0.29) is 50.9 Å². The summed E-state index contributed by atoms with van der Waals surface area (Å²) in [6.45, 7) is 7.35. The molecule has 2 aromatic carbocycles. The van der Waals surface area contributed by atoms with E-state index in [2.05, 4.69) is 41.0 Å². The zero-order valence-electron chi connectivity index (χ0n) is 14.9. The molecule has 0 saturated carbocycles. The molecule has 1 saturated heterocycles. The van der Waals surface area contributed by atoms with Crippen LogP contribution in [0.1, 0.15) is 11.1 Å². The first kappa shape index (κ1) is 24.7. The molecule has 0 radical (unpaired) electrons. The van der Waals surface area contributed by atoms with Crippen LogP contribution in [0.15, 0.2) is 42.5 Å². The highest BCUT2D eigenvalue weighted by atomic mass is 79.9. The standard InChI is InChI=1S/C19H24N2O2.2BrH.H2O/c1-15-4-2-3-5-17(15)21-12-10-20(11-13-21)9-8-16-6-7-18(22)19(23)14-16;;;/h2-7,14,22-23H,8-13H2,1H3;2*1H;1H2. The van der Waals surface area contributed by atoms with E-state index in [9.17, 15) is 10.2 Å². The summed E-state index contributed by atoms with van der Waals surface area (Å²) in [5.41, 5.74) is 3.73. The van der Waals surface area contributed by atoms with Gasteiger partial charge in [-0.25, -0.2) is 0 Å². The van der Waals surface area contributed by atoms with E-state index in [1.54, 1.807) is 12.1 Å². The van der Waals surface area contributed by atoms with Gasteiger partial charge in [0.05, 0.1) is 0 Å². The molecule has 0 atom stereocenters. The monoisotopic (exact) mass is 490 g/mol. The van der Waals surface area contributed by atoms with Crippen LogP contribution in [0.3, 0.4) is 0 Å². The molecule has 1 aliphatic heterocycles. The highest BCUT2D eigenvalue weighted by molar-refractivity contribution is 8.93. The molecule has 0 aromatic heterocycles. The van der Waals surface area contributed by atoms with Crippen LogP contribution < -0.4 is 4.90 Å². The number of halogens is 2. The van der Waals surface area contributed by atoms with Crippen LogP contribution in [0.5, 0.6) is 11.5 Å². The maximum atomic E-state index is 9.55. The van der Waals surface area contributed by atoms with Crippen molar-refractivity contribution in [3.8, 4) is 11.5 Å². The number of phenols is 2. The van der Waals surface area contributed by atoms with Crippen molar-refractivity contribution in [2.24, 2.45) is 0 Å². The van der Waals surface area contributed by atoms with E-state index in [4.69, 9.17) is 0 Å². The molecule has 26 heavy (non-hydrogen) atoms. The maximum absolute atomic E-state index is 9.55. The van der Waals surface area contributed by atoms with Gasteiger partial charge in [0.2, 0.25) is 0 Å². The number of rotatable bonds is 4. The van der Waals surface area contributed by atoms with Crippen LogP contribution in [0.4, 0.5) is 5.69 Å². The zero-order chi connectivity index (χ0) is 16.2. The number of piperazine rings is 1. The van der Waals surface area contributed by atoms with Gasteiger partial charge in [-0.2, -0.15) is 0 Å². The number of nitrogens with zero attached hydrogens (tertiary/aromatic N) is 2. The summed E-state index contributed by atoms with van der Waals surface area (Å²) in [6, 6.07) is 13.6. The van der Waals surface area contributed by atoms with Gasteiger partial charge >= 0.3 is 0 Å². The number of para-hydroxylation sites is 1. The van der Waals surface area contributed by atoms with Crippen LogP contribution in [-0.4, -0.2) is 53.3 Å². The Hall–Kier alpha value is -1.28. The lowest BCUT2D eigenvalue weighted by atomic mass is 10.1. The normalized spacial score (nSPS) is 14.0. The first-order chi connectivity index (χ1) is 11.1. The molecule has 1 heterocycles. The van der Waals surface area contributed by atoms with Gasteiger partial charge in [0.15, 0.2) is 11.5 Å². The van der Waals surface area contributed by atoms with Crippen LogP contribution >= 0.6 is 34.0 Å². The molecule has 0 unspecified atom stereocenters. The Balaban J connectivity index is 0.00000208. The Labute approximate surface area is 176 Å². The lowest BCUT2D eigenvalue weighted by Gasteiger charge is -2.36. The molecule has 7 heteroatoms. The Kier molecular flexibility index (Phi) is 10.9. The van der Waals surface area contributed by atoms with Gasteiger partial charge in [0.25, 0.3) is 0 Å². The molecular formula is C19H28Br2N2O3. The second kappa shape index (κ2) is 11.4. The molecule has 5 nitrogen and oxygen atoms in total. The number of anilines is 1. The summed E-state index contributed by atoms with van der Waals surface area (Å²) in [7, 11) is 0. The molecule has 1 fully saturated rings. The number of aryl methyl sites for hydroxylation is 1. The fourth-order valence-corrected chi connectivity index (χ4v) is 3.14. The third-order valence-corrected chi connectivity index (χ3v) is 4.58. The smallest absolute Gasteiger partial charge is 0.157 e. The van der Waals surface area contributed by atoms with Crippen molar-refractivity contribution in [2.75, 3.05) is 37.6 Å². The van der Waals surface area contributed by atoms with Gasteiger partial charge in [-0.3, -0.25) is 4.90 Å². The predicted molar refractivity (Wildman–Crippen MR) is 118 cm³/mol. The molecule has 3 rings (SSSR count). The summed E-state index contributed by atoms with van der Waals surface area (Å²) in [5, 5.41) is 18.9. The highest BCUT2D eigenvalue weighted by Gasteiger charge is 2.18. The Morgan fingerprint density at radius 1 is 0.885 bits per heavy atom. The Morgan fingerprint density at radius 2 is 1.54 bits per heavy atom. The van der Waals surface area contributed by atoms with Gasteiger partial charge in [0, 0.05) is 38.4 Å². The van der Waals surface area contributed by atoms with E-state index in [1.165, 1.54) is 11.3 Å². The maximum Gasteiger partial charge on any atom is 0.157 e. The van der Waals surface area contributed by atoms with Crippen molar-refractivity contribution in [3.63, 3.8) is 0 Å². The van der Waals surface area contributed by atoms with Crippen LogP contribution in [0.2, 0.25) is 0 Å². The van der Waals surface area contributed by atoms with E-state index in [1.807, 2.05) is 6.07 Å². The molecule has 0 spiro atoms. The molecule has 1 aliphatic rings. The first-order valence-corrected chi connectivity index (χ1v) is 8.17. The lowest BCUT2D eigenvalue weighted by Crippen LogP contribution is -2.47. The van der Waals surface area contributed by atoms with Crippen molar-refractivity contribution < 1.29 is 15.7 Å². The Morgan fingerprint density at radius 3 is 2.15 bits per heavy atom. The minimum Gasteiger partial charge on any atom is -0.504 e. The molecule has 0 amide bonds. The van der Waals surface area contributed by atoms with Gasteiger partial charge in [-0.05, 0) is 42.7 Å². The van der Waals surface area contributed by atoms with Gasteiger partial charge in [-0.1, -0.05) is 24.3 Å². The third-order valence-electron chi connectivity index (χ3n) is 4.58. The minimum absolute atomic E-state index is 0. The quantitative estimate of drug-likeness (QED) is 0.644. The molecular weight excluding hydrogens is 464 g/mol. The van der Waals surface area contributed by atoms with Crippen molar-refractivity contribution in [1.82, 2.24) is 4.90 Å². The summed E-state index contributed by atoms with van der Waals surface area (Å²) in [5.74, 6) is -0.0903. The average Bonchev–Trinajstić information content (AvgIpc) is 2.57. The van der Waals surface area contributed by atoms with Gasteiger partial charge in [0.1, 0.15) is 0 Å². The fourth-order valence-electron chi connectivity index (χ4n) is 3.14. The second-order valence-electron chi connectivity index (χ2n) is 6.19. The Bertz CT molecular complexity index is 678. The SMILES string of the molecule is Br.Br.Cc1ccccc1N1CCN(CCc2ccc(O)c(O)c2)CC1.O. The summed E-state index contributed by atoms with van der Waals surface area (Å²) in [6.07, 6.45) is 0.887. The van der Waals surface area contributed by atoms with Crippen LogP contribution in [0.25, 0.3) is 0 Å². The molecule has 146 valence electrons. The second-order valence-corrected chi connectivity index (χ2v) is 6.19. The first-order valence-electron chi connectivity index (χ1n) is 8.17. The summed E-state index contributed by atoms with van der Waals surface area (Å²) < 4.78 is 0. The van der Waals surface area contributed by atoms with Crippen molar-refractivity contribution >= 4 is 39.7 Å². The summed E-state index contributed by atoms with van der Waals surface area (Å²) in [4.78, 5) is 4.91. The van der Waals surface area contributed by atoms with Crippen molar-refractivity contribution in [3.05, 3.63) is 53.6 Å². The number of hydrogen-bond acceptors (Lipinski definition) is 4. The fraction of sp³-hybridized carbons (Fsp3) is 0.368. The molecule has 0 aliphatic carbocycles. The largest absolute Gasteiger partial charge is 0.504 e. The zero-order valence-corrected chi connectivity index (χ0v) is 18.3. The molecule has 2 aromatic rings. The number of hydrogen-bond donors (Lipinski definition) is 2. The number of phenolic OH excluding ortho intramolecular Hbond substituents is 2. The van der Waals surface area contributed by atoms with E-state index < -0.39 is 0 Å². The van der Waals surface area contributed by atoms with Gasteiger partial charge < -0.3 is 20.6 Å². The van der Waals surface area contributed by atoms with Crippen molar-refractivity contribution in [1.29, 1.82) is 0 Å². The van der Waals surface area contributed by atoms with Crippen LogP contribution in [0, 0.1) is 6.92 Å².